The molecule has 0 aromatic carbocycles. The van der Waals surface area contributed by atoms with Gasteiger partial charge in [-0.1, -0.05) is 23.8 Å². The van der Waals surface area contributed by atoms with E-state index in [1.165, 1.54) is 17.2 Å². The van der Waals surface area contributed by atoms with E-state index >= 15 is 0 Å². The lowest BCUT2D eigenvalue weighted by Crippen LogP contribution is -2.34. The second-order valence-electron chi connectivity index (χ2n) is 8.04. The molecular weight excluding hydrogens is 444 g/mol. The molecule has 1 fully saturated rings. The van der Waals surface area contributed by atoms with Gasteiger partial charge in [0.15, 0.2) is 5.82 Å². The lowest BCUT2D eigenvalue weighted by atomic mass is 10.1. The molecule has 6 rings (SSSR count). The van der Waals surface area contributed by atoms with Gasteiger partial charge in [-0.25, -0.2) is 14.5 Å². The molecule has 1 aliphatic carbocycles. The first-order chi connectivity index (χ1) is 16.1. The molecule has 4 aromatic rings. The molecule has 5 heterocycles. The lowest BCUT2D eigenvalue weighted by molar-refractivity contribution is 0.605. The lowest BCUT2D eigenvalue weighted by Gasteiger charge is -2.28. The number of aromatic nitrogens is 7. The molecule has 1 N–H and O–H groups in total. The van der Waals surface area contributed by atoms with Gasteiger partial charge < -0.3 is 9.88 Å². The number of hydrogen-bond acceptors (Lipinski definition) is 7. The Hall–Kier alpha value is -3.79. The maximum absolute atomic E-state index is 13.6. The highest BCUT2D eigenvalue weighted by molar-refractivity contribution is 6.33. The zero-order chi connectivity index (χ0) is 22.5. The highest BCUT2D eigenvalue weighted by atomic mass is 35.5. The average molecular weight is 463 g/mol. The monoisotopic (exact) mass is 462 g/mol. The number of H-pyrrole nitrogens is 1. The van der Waals surface area contributed by atoms with Crippen molar-refractivity contribution in [1.29, 1.82) is 0 Å². The van der Waals surface area contributed by atoms with Crippen LogP contribution in [0.15, 0.2) is 52.7 Å². The van der Waals surface area contributed by atoms with Crippen molar-refractivity contribution in [2.45, 2.75) is 31.7 Å². The minimum absolute atomic E-state index is 0.230. The molecule has 4 aromatic heterocycles. The van der Waals surface area contributed by atoms with Crippen LogP contribution < -0.4 is 16.0 Å². The first-order valence-electron chi connectivity index (χ1n) is 10.8. The van der Waals surface area contributed by atoms with Crippen LogP contribution in [0.25, 0.3) is 22.2 Å². The Morgan fingerprint density at radius 3 is 2.91 bits per heavy atom. The molecule has 0 saturated carbocycles. The van der Waals surface area contributed by atoms with E-state index in [4.69, 9.17) is 16.7 Å². The fourth-order valence-electron chi connectivity index (χ4n) is 4.68. The largest absolute Gasteiger partial charge is 0.345 e. The molecule has 1 aliphatic heterocycles. The zero-order valence-electron chi connectivity index (χ0n) is 17.5. The van der Waals surface area contributed by atoms with Gasteiger partial charge in [0.1, 0.15) is 28.7 Å². The van der Waals surface area contributed by atoms with E-state index in [9.17, 15) is 9.59 Å². The fourth-order valence-corrected chi connectivity index (χ4v) is 4.91. The van der Waals surface area contributed by atoms with Gasteiger partial charge in [-0.15, -0.1) is 0 Å². The fraction of sp³-hybridized carbons (Fsp3) is 0.273. The highest BCUT2D eigenvalue weighted by Gasteiger charge is 2.34. The molecular formula is C22H19ClN8O2. The van der Waals surface area contributed by atoms with Crippen LogP contribution in [-0.2, 0) is 0 Å². The second kappa shape index (κ2) is 7.66. The summed E-state index contributed by atoms with van der Waals surface area (Å²) in [6.45, 7) is 0.653. The number of anilines is 1. The molecule has 11 heteroatoms. The van der Waals surface area contributed by atoms with E-state index in [-0.39, 0.29) is 11.6 Å². The molecule has 10 nitrogen and oxygen atoms in total. The third-order valence-corrected chi connectivity index (χ3v) is 6.45. The van der Waals surface area contributed by atoms with Crippen molar-refractivity contribution in [2.24, 2.45) is 0 Å². The number of rotatable bonds is 3. The van der Waals surface area contributed by atoms with Crippen molar-refractivity contribution in [3.8, 4) is 0 Å². The Balaban J connectivity index is 1.59. The number of aromatic amines is 1. The van der Waals surface area contributed by atoms with Gasteiger partial charge in [-0.3, -0.25) is 14.2 Å². The van der Waals surface area contributed by atoms with E-state index in [1.807, 2.05) is 23.1 Å². The molecule has 0 spiro atoms. The van der Waals surface area contributed by atoms with Crippen molar-refractivity contribution in [3.63, 3.8) is 0 Å². The Labute approximate surface area is 191 Å². The summed E-state index contributed by atoms with van der Waals surface area (Å²) in [7, 11) is 0. The van der Waals surface area contributed by atoms with Crippen LogP contribution >= 0.6 is 11.6 Å². The van der Waals surface area contributed by atoms with E-state index in [0.29, 0.717) is 39.8 Å². The Morgan fingerprint density at radius 1 is 1.15 bits per heavy atom. The zero-order valence-corrected chi connectivity index (χ0v) is 18.2. The van der Waals surface area contributed by atoms with E-state index in [0.717, 1.165) is 31.4 Å². The number of hydrogen-bond donors (Lipinski definition) is 1. The van der Waals surface area contributed by atoms with Crippen LogP contribution in [0.4, 0.5) is 5.82 Å². The molecule has 166 valence electrons. The van der Waals surface area contributed by atoms with Gasteiger partial charge in [0.05, 0.1) is 17.4 Å². The summed E-state index contributed by atoms with van der Waals surface area (Å²) in [5.74, 6) is 1.05. The predicted octanol–water partition coefficient (Wildman–Crippen LogP) is 2.71. The molecule has 0 radical (unpaired) electrons. The summed E-state index contributed by atoms with van der Waals surface area (Å²) in [5, 5.41) is 5.51. The van der Waals surface area contributed by atoms with Crippen molar-refractivity contribution < 1.29 is 0 Å². The Morgan fingerprint density at radius 2 is 2.06 bits per heavy atom. The summed E-state index contributed by atoms with van der Waals surface area (Å²) in [6.07, 6.45) is 13.8. The minimum atomic E-state index is -0.402. The first-order valence-corrected chi connectivity index (χ1v) is 11.1. The molecule has 0 bridgehead atoms. The average Bonchev–Trinajstić information content (AvgIpc) is 3.46. The van der Waals surface area contributed by atoms with Gasteiger partial charge in [-0.2, -0.15) is 10.1 Å². The molecule has 1 saturated heterocycles. The van der Waals surface area contributed by atoms with Crippen LogP contribution in [0.5, 0.6) is 0 Å². The van der Waals surface area contributed by atoms with Crippen molar-refractivity contribution in [3.05, 3.63) is 74.7 Å². The summed E-state index contributed by atoms with van der Waals surface area (Å²) in [6, 6.07) is 1.39. The topological polar surface area (TPSA) is 114 Å². The normalized spacial score (nSPS) is 18.4. The van der Waals surface area contributed by atoms with Crippen LogP contribution in [0, 0.1) is 0 Å². The minimum Gasteiger partial charge on any atom is -0.345 e. The summed E-state index contributed by atoms with van der Waals surface area (Å²) in [4.78, 5) is 43.6. The predicted molar refractivity (Wildman–Crippen MR) is 124 cm³/mol. The Bertz CT molecular complexity index is 1580. The van der Waals surface area contributed by atoms with Crippen molar-refractivity contribution in [1.82, 2.24) is 34.1 Å². The standard InChI is InChI=1S/C22H19ClN8O2/c23-14-8-10-30-17(14)22(33)31(13-5-2-1-3-6-13)19(28-30)15-7-4-9-29(15)20-16-18(24-11-26-20)25-12-27-21(16)32/h2,5-6,8,10-12,15H,1,3-4,7,9H2,(H,24,25,26,27,32)/t15-/m0/s1. The number of nitrogens with zero attached hydrogens (tertiary/aromatic N) is 7. The summed E-state index contributed by atoms with van der Waals surface area (Å²) >= 11 is 6.32. The van der Waals surface area contributed by atoms with Gasteiger partial charge >= 0.3 is 0 Å². The molecule has 0 unspecified atom stereocenters. The third kappa shape index (κ3) is 3.09. The summed E-state index contributed by atoms with van der Waals surface area (Å²) < 4.78 is 3.18. The van der Waals surface area contributed by atoms with E-state index in [1.54, 1.807) is 16.8 Å². The van der Waals surface area contributed by atoms with Crippen LogP contribution in [0.3, 0.4) is 0 Å². The summed E-state index contributed by atoms with van der Waals surface area (Å²) in [5.41, 5.74) is 0.889. The van der Waals surface area contributed by atoms with Crippen LogP contribution in [0.1, 0.15) is 37.5 Å². The van der Waals surface area contributed by atoms with Gasteiger partial charge in [0.2, 0.25) is 0 Å². The third-order valence-electron chi connectivity index (χ3n) is 6.14. The smallest absolute Gasteiger partial charge is 0.285 e. The number of nitrogens with one attached hydrogen (secondary N) is 1. The molecule has 1 atom stereocenters. The van der Waals surface area contributed by atoms with Gasteiger partial charge in [0.25, 0.3) is 11.1 Å². The maximum Gasteiger partial charge on any atom is 0.285 e. The molecule has 0 amide bonds. The molecule has 2 aliphatic rings. The van der Waals surface area contributed by atoms with E-state index < -0.39 is 5.56 Å². The number of fused-ring (bicyclic) bond motifs is 2. The number of halogens is 1. The molecule has 33 heavy (non-hydrogen) atoms. The van der Waals surface area contributed by atoms with E-state index in [2.05, 4.69) is 19.9 Å². The quantitative estimate of drug-likeness (QED) is 0.497. The Kier molecular flexibility index (Phi) is 4.61. The van der Waals surface area contributed by atoms with Crippen LogP contribution in [-0.4, -0.2) is 40.7 Å². The first kappa shape index (κ1) is 19.9. The van der Waals surface area contributed by atoms with Gasteiger partial charge in [-0.05, 0) is 37.8 Å². The maximum atomic E-state index is 13.6. The van der Waals surface area contributed by atoms with Crippen molar-refractivity contribution >= 4 is 39.7 Å². The number of allylic oxidation sites excluding steroid dienone is 4. The van der Waals surface area contributed by atoms with Gasteiger partial charge in [0, 0.05) is 18.4 Å². The van der Waals surface area contributed by atoms with Crippen LogP contribution in [0.2, 0.25) is 5.02 Å². The van der Waals surface area contributed by atoms with Crippen molar-refractivity contribution in [2.75, 3.05) is 11.4 Å². The second-order valence-corrected chi connectivity index (χ2v) is 8.45. The SMILES string of the molecule is O=c1nc[nH]c2ncnc(N3CCC[C@H]3c3nn4ccc(Cl)c4c(=O)n3C3=CCCC=C3)c12. The highest BCUT2D eigenvalue weighted by Crippen LogP contribution is 2.37.